The highest BCUT2D eigenvalue weighted by atomic mass is 35.5. The standard InChI is InChI=1S/C14H9ClN4O3/c15-9-3-6-12-11(7-9)14(20)18(16)13(17-12)8-1-4-10(5-2-8)19(21)22/h1-7H,16H2. The highest BCUT2D eigenvalue weighted by Crippen LogP contribution is 2.22. The lowest BCUT2D eigenvalue weighted by Crippen LogP contribution is -2.29. The fourth-order valence-electron chi connectivity index (χ4n) is 2.11. The van der Waals surface area contributed by atoms with Gasteiger partial charge in [-0.3, -0.25) is 14.9 Å². The number of nitrogen functional groups attached to an aromatic ring is 1. The van der Waals surface area contributed by atoms with Gasteiger partial charge in [0.15, 0.2) is 5.82 Å². The van der Waals surface area contributed by atoms with Gasteiger partial charge < -0.3 is 5.84 Å². The van der Waals surface area contributed by atoms with Crippen molar-refractivity contribution in [2.75, 3.05) is 5.84 Å². The summed E-state index contributed by atoms with van der Waals surface area (Å²) in [5.41, 5.74) is 0.453. The second-order valence-corrected chi connectivity index (χ2v) is 5.01. The van der Waals surface area contributed by atoms with Crippen LogP contribution in [0.25, 0.3) is 22.3 Å². The third kappa shape index (κ3) is 2.27. The van der Waals surface area contributed by atoms with Crippen LogP contribution in [0.15, 0.2) is 47.3 Å². The van der Waals surface area contributed by atoms with Gasteiger partial charge in [-0.15, -0.1) is 0 Å². The first-order valence-electron chi connectivity index (χ1n) is 6.19. The Bertz CT molecular complexity index is 951. The third-order valence-corrected chi connectivity index (χ3v) is 3.43. The van der Waals surface area contributed by atoms with Crippen LogP contribution in [0.5, 0.6) is 0 Å². The number of halogens is 1. The summed E-state index contributed by atoms with van der Waals surface area (Å²) in [7, 11) is 0. The van der Waals surface area contributed by atoms with E-state index >= 15 is 0 Å². The van der Waals surface area contributed by atoms with Gasteiger partial charge in [-0.25, -0.2) is 9.66 Å². The fourth-order valence-corrected chi connectivity index (χ4v) is 2.28. The minimum Gasteiger partial charge on any atom is -0.334 e. The number of rotatable bonds is 2. The van der Waals surface area contributed by atoms with E-state index in [4.69, 9.17) is 17.4 Å². The van der Waals surface area contributed by atoms with Crippen molar-refractivity contribution in [3.8, 4) is 11.4 Å². The maximum atomic E-state index is 12.3. The predicted molar refractivity (Wildman–Crippen MR) is 83.3 cm³/mol. The molecule has 0 aliphatic rings. The molecular formula is C14H9ClN4O3. The molecule has 0 radical (unpaired) electrons. The molecule has 1 heterocycles. The Balaban J connectivity index is 2.23. The predicted octanol–water partition coefficient (Wildman–Crippen LogP) is 2.34. The summed E-state index contributed by atoms with van der Waals surface area (Å²) in [5.74, 6) is 6.01. The van der Waals surface area contributed by atoms with Crippen molar-refractivity contribution in [1.29, 1.82) is 0 Å². The van der Waals surface area contributed by atoms with E-state index < -0.39 is 10.5 Å². The van der Waals surface area contributed by atoms with Crippen LogP contribution in [0.3, 0.4) is 0 Å². The molecule has 0 aliphatic carbocycles. The lowest BCUT2D eigenvalue weighted by Gasteiger charge is -2.09. The molecule has 2 aromatic carbocycles. The molecule has 0 amide bonds. The van der Waals surface area contributed by atoms with Crippen molar-refractivity contribution in [2.24, 2.45) is 0 Å². The summed E-state index contributed by atoms with van der Waals surface area (Å²) in [4.78, 5) is 26.8. The Hall–Kier alpha value is -2.93. The average Bonchev–Trinajstić information content (AvgIpc) is 2.51. The molecule has 0 atom stereocenters. The van der Waals surface area contributed by atoms with E-state index in [-0.39, 0.29) is 11.5 Å². The second-order valence-electron chi connectivity index (χ2n) is 4.58. The lowest BCUT2D eigenvalue weighted by molar-refractivity contribution is -0.384. The van der Waals surface area contributed by atoms with E-state index in [0.717, 1.165) is 4.68 Å². The van der Waals surface area contributed by atoms with E-state index in [1.165, 1.54) is 30.3 Å². The van der Waals surface area contributed by atoms with E-state index in [9.17, 15) is 14.9 Å². The first kappa shape index (κ1) is 14.0. The number of fused-ring (bicyclic) bond motifs is 1. The molecule has 3 rings (SSSR count). The summed E-state index contributed by atoms with van der Waals surface area (Å²) in [5, 5.41) is 11.4. The van der Waals surface area contributed by atoms with Crippen LogP contribution < -0.4 is 11.4 Å². The van der Waals surface area contributed by atoms with Crippen molar-refractivity contribution >= 4 is 28.2 Å². The summed E-state index contributed by atoms with van der Waals surface area (Å²) in [6, 6.07) is 10.4. The normalized spacial score (nSPS) is 10.8. The number of aromatic nitrogens is 2. The van der Waals surface area contributed by atoms with Crippen LogP contribution >= 0.6 is 11.6 Å². The minimum absolute atomic E-state index is 0.0535. The SMILES string of the molecule is Nn1c(-c2ccc([N+](=O)[O-])cc2)nc2ccc(Cl)cc2c1=O. The van der Waals surface area contributed by atoms with E-state index in [1.807, 2.05) is 0 Å². The summed E-state index contributed by atoms with van der Waals surface area (Å²) in [6.07, 6.45) is 0. The molecule has 8 heteroatoms. The van der Waals surface area contributed by atoms with Gasteiger partial charge in [-0.1, -0.05) is 11.6 Å². The smallest absolute Gasteiger partial charge is 0.280 e. The number of non-ortho nitro benzene ring substituents is 1. The van der Waals surface area contributed by atoms with Crippen molar-refractivity contribution in [2.45, 2.75) is 0 Å². The quantitative estimate of drug-likeness (QED) is 0.444. The molecule has 0 saturated heterocycles. The molecule has 22 heavy (non-hydrogen) atoms. The number of nitro groups is 1. The van der Waals surface area contributed by atoms with Crippen LogP contribution in [-0.2, 0) is 0 Å². The Morgan fingerprint density at radius 1 is 1.18 bits per heavy atom. The van der Waals surface area contributed by atoms with Gasteiger partial charge in [-0.2, -0.15) is 0 Å². The average molecular weight is 317 g/mol. The summed E-state index contributed by atoms with van der Waals surface area (Å²) in [6.45, 7) is 0. The Labute approximate surface area is 128 Å². The zero-order valence-corrected chi connectivity index (χ0v) is 11.8. The van der Waals surface area contributed by atoms with Gasteiger partial charge in [0, 0.05) is 22.7 Å². The molecule has 0 aliphatic heterocycles. The van der Waals surface area contributed by atoms with E-state index in [1.54, 1.807) is 12.1 Å². The van der Waals surface area contributed by atoms with Gasteiger partial charge in [0.1, 0.15) is 0 Å². The van der Waals surface area contributed by atoms with Crippen molar-refractivity contribution < 1.29 is 4.92 Å². The van der Waals surface area contributed by atoms with Crippen molar-refractivity contribution in [3.05, 3.63) is 68.0 Å². The third-order valence-electron chi connectivity index (χ3n) is 3.20. The number of hydrogen-bond donors (Lipinski definition) is 1. The fraction of sp³-hybridized carbons (Fsp3) is 0. The largest absolute Gasteiger partial charge is 0.334 e. The Kier molecular flexibility index (Phi) is 3.26. The lowest BCUT2D eigenvalue weighted by atomic mass is 10.1. The van der Waals surface area contributed by atoms with Crippen LogP contribution in [0.1, 0.15) is 0 Å². The van der Waals surface area contributed by atoms with Crippen LogP contribution in [0, 0.1) is 10.1 Å². The zero-order valence-electron chi connectivity index (χ0n) is 11.1. The number of nitro benzene ring substituents is 1. The van der Waals surface area contributed by atoms with Gasteiger partial charge in [0.25, 0.3) is 11.2 Å². The summed E-state index contributed by atoms with van der Waals surface area (Å²) >= 11 is 5.87. The molecule has 0 spiro atoms. The van der Waals surface area contributed by atoms with Crippen molar-refractivity contribution in [1.82, 2.24) is 9.66 Å². The number of nitrogens with zero attached hydrogens (tertiary/aromatic N) is 3. The molecule has 0 unspecified atom stereocenters. The van der Waals surface area contributed by atoms with Crippen molar-refractivity contribution in [3.63, 3.8) is 0 Å². The maximum absolute atomic E-state index is 12.3. The maximum Gasteiger partial charge on any atom is 0.280 e. The monoisotopic (exact) mass is 316 g/mol. The number of nitrogens with two attached hydrogens (primary N) is 1. The van der Waals surface area contributed by atoms with E-state index in [2.05, 4.69) is 4.98 Å². The molecule has 110 valence electrons. The highest BCUT2D eigenvalue weighted by molar-refractivity contribution is 6.31. The first-order valence-corrected chi connectivity index (χ1v) is 6.57. The topological polar surface area (TPSA) is 104 Å². The highest BCUT2D eigenvalue weighted by Gasteiger charge is 2.12. The number of hydrogen-bond acceptors (Lipinski definition) is 5. The number of benzene rings is 2. The van der Waals surface area contributed by atoms with Crippen LogP contribution in [-0.4, -0.2) is 14.6 Å². The molecule has 2 N–H and O–H groups in total. The molecule has 1 aromatic heterocycles. The molecule has 7 nitrogen and oxygen atoms in total. The van der Waals surface area contributed by atoms with E-state index in [0.29, 0.717) is 21.5 Å². The molecule has 0 bridgehead atoms. The van der Waals surface area contributed by atoms with Gasteiger partial charge >= 0.3 is 0 Å². The van der Waals surface area contributed by atoms with Gasteiger partial charge in [-0.05, 0) is 30.3 Å². The molecule has 0 fully saturated rings. The van der Waals surface area contributed by atoms with Crippen LogP contribution in [0.2, 0.25) is 5.02 Å². The zero-order chi connectivity index (χ0) is 15.9. The molecule has 3 aromatic rings. The second kappa shape index (κ2) is 5.12. The molecule has 0 saturated carbocycles. The van der Waals surface area contributed by atoms with Gasteiger partial charge in [0.05, 0.1) is 15.8 Å². The minimum atomic E-state index is -0.505. The Morgan fingerprint density at radius 3 is 2.50 bits per heavy atom. The molecular weight excluding hydrogens is 308 g/mol. The first-order chi connectivity index (χ1) is 10.5. The summed E-state index contributed by atoms with van der Waals surface area (Å²) < 4.78 is 0.903. The van der Waals surface area contributed by atoms with Gasteiger partial charge in [0.2, 0.25) is 0 Å². The van der Waals surface area contributed by atoms with Crippen LogP contribution in [0.4, 0.5) is 5.69 Å². The Morgan fingerprint density at radius 2 is 1.86 bits per heavy atom.